The first-order chi connectivity index (χ1) is 7.30. The molecule has 0 aliphatic heterocycles. The predicted octanol–water partition coefficient (Wildman–Crippen LogP) is 2.09. The Balaban J connectivity index is 2.69. The Hall–Kier alpha value is -1.53. The molecule has 80 valence electrons. The van der Waals surface area contributed by atoms with Crippen LogP contribution in [0.5, 0.6) is 5.75 Å². The van der Waals surface area contributed by atoms with E-state index in [2.05, 4.69) is 11.4 Å². The minimum atomic E-state index is -0.352. The second-order valence-corrected chi connectivity index (χ2v) is 3.32. The maximum Gasteiger partial charge on any atom is 0.184 e. The molecule has 0 heterocycles. The summed E-state index contributed by atoms with van der Waals surface area (Å²) in [5, 5.41) is 11.8. The molecule has 0 bridgehead atoms. The molecule has 1 aromatic carbocycles. The molecule has 0 saturated carbocycles. The Morgan fingerprint density at radius 2 is 2.33 bits per heavy atom. The van der Waals surface area contributed by atoms with Crippen molar-refractivity contribution in [2.75, 3.05) is 7.05 Å². The van der Waals surface area contributed by atoms with Gasteiger partial charge in [-0.1, -0.05) is 19.1 Å². The van der Waals surface area contributed by atoms with Crippen LogP contribution in [0.1, 0.15) is 18.9 Å². The lowest BCUT2D eigenvalue weighted by atomic mass is 10.2. The lowest BCUT2D eigenvalue weighted by molar-refractivity contribution is 0.251. The number of nitrogens with zero attached hydrogens (tertiary/aromatic N) is 1. The van der Waals surface area contributed by atoms with Gasteiger partial charge in [-0.2, -0.15) is 5.26 Å². The fourth-order valence-electron chi connectivity index (χ4n) is 1.30. The van der Waals surface area contributed by atoms with Crippen molar-refractivity contribution in [2.24, 2.45) is 0 Å². The molecule has 1 atom stereocenters. The van der Waals surface area contributed by atoms with Crippen molar-refractivity contribution in [1.82, 2.24) is 5.32 Å². The molecular weight excluding hydrogens is 188 g/mol. The fraction of sp³-hybridized carbons (Fsp3) is 0.417. The van der Waals surface area contributed by atoms with Crippen molar-refractivity contribution < 1.29 is 4.74 Å². The summed E-state index contributed by atoms with van der Waals surface area (Å²) in [5.74, 6) is 0.760. The van der Waals surface area contributed by atoms with Gasteiger partial charge >= 0.3 is 0 Å². The molecule has 1 aromatic rings. The van der Waals surface area contributed by atoms with Crippen LogP contribution < -0.4 is 10.1 Å². The Labute approximate surface area is 90.7 Å². The summed E-state index contributed by atoms with van der Waals surface area (Å²) in [6.45, 7) is 2.74. The summed E-state index contributed by atoms with van der Waals surface area (Å²) in [6.07, 6.45) is 0.349. The molecular formula is C12H16N2O. The van der Waals surface area contributed by atoms with E-state index in [0.29, 0.717) is 6.42 Å². The van der Waals surface area contributed by atoms with Gasteiger partial charge in [0, 0.05) is 6.54 Å². The summed E-state index contributed by atoms with van der Waals surface area (Å²) in [6, 6.07) is 9.90. The Bertz CT molecular complexity index is 344. The lowest BCUT2D eigenvalue weighted by Gasteiger charge is -2.11. The van der Waals surface area contributed by atoms with Crippen LogP contribution in [0.25, 0.3) is 0 Å². The van der Waals surface area contributed by atoms with E-state index in [1.165, 1.54) is 0 Å². The fourth-order valence-corrected chi connectivity index (χ4v) is 1.30. The third-order valence-electron chi connectivity index (χ3n) is 2.07. The van der Waals surface area contributed by atoms with E-state index in [1.54, 1.807) is 0 Å². The van der Waals surface area contributed by atoms with Gasteiger partial charge in [-0.05, 0) is 31.2 Å². The topological polar surface area (TPSA) is 45.0 Å². The van der Waals surface area contributed by atoms with Crippen molar-refractivity contribution in [2.45, 2.75) is 26.0 Å². The second-order valence-electron chi connectivity index (χ2n) is 3.32. The van der Waals surface area contributed by atoms with Crippen LogP contribution in [0.2, 0.25) is 0 Å². The zero-order chi connectivity index (χ0) is 11.1. The summed E-state index contributed by atoms with van der Waals surface area (Å²) >= 11 is 0. The van der Waals surface area contributed by atoms with Gasteiger partial charge in [0.1, 0.15) is 11.8 Å². The van der Waals surface area contributed by atoms with E-state index < -0.39 is 0 Å². The normalized spacial score (nSPS) is 11.8. The van der Waals surface area contributed by atoms with Crippen LogP contribution >= 0.6 is 0 Å². The van der Waals surface area contributed by atoms with Gasteiger partial charge in [-0.25, -0.2) is 0 Å². The first-order valence-electron chi connectivity index (χ1n) is 5.10. The molecule has 1 N–H and O–H groups in total. The van der Waals surface area contributed by atoms with Gasteiger partial charge in [-0.15, -0.1) is 0 Å². The summed E-state index contributed by atoms with van der Waals surface area (Å²) in [5.41, 5.74) is 1.16. The van der Waals surface area contributed by atoms with E-state index in [-0.39, 0.29) is 6.10 Å². The highest BCUT2D eigenvalue weighted by Gasteiger charge is 2.05. The molecule has 3 heteroatoms. The van der Waals surface area contributed by atoms with E-state index in [9.17, 15) is 0 Å². The number of hydrogen-bond donors (Lipinski definition) is 1. The van der Waals surface area contributed by atoms with Crippen molar-refractivity contribution in [3.63, 3.8) is 0 Å². The summed E-state index contributed by atoms with van der Waals surface area (Å²) in [7, 11) is 1.90. The molecule has 0 aliphatic rings. The van der Waals surface area contributed by atoms with Gasteiger partial charge in [0.2, 0.25) is 0 Å². The molecule has 0 radical (unpaired) electrons. The quantitative estimate of drug-likeness (QED) is 0.798. The highest BCUT2D eigenvalue weighted by molar-refractivity contribution is 5.29. The molecule has 1 rings (SSSR count). The Morgan fingerprint density at radius 3 is 2.93 bits per heavy atom. The highest BCUT2D eigenvalue weighted by Crippen LogP contribution is 2.15. The third-order valence-corrected chi connectivity index (χ3v) is 2.07. The molecule has 3 nitrogen and oxygen atoms in total. The van der Waals surface area contributed by atoms with Crippen molar-refractivity contribution in [3.05, 3.63) is 29.8 Å². The van der Waals surface area contributed by atoms with Crippen LogP contribution in [0.4, 0.5) is 0 Å². The maximum absolute atomic E-state index is 8.77. The van der Waals surface area contributed by atoms with E-state index in [4.69, 9.17) is 10.00 Å². The van der Waals surface area contributed by atoms with Crippen LogP contribution in [-0.4, -0.2) is 13.2 Å². The minimum Gasteiger partial charge on any atom is -0.476 e. The monoisotopic (exact) mass is 204 g/mol. The van der Waals surface area contributed by atoms with Crippen LogP contribution in [0, 0.1) is 11.3 Å². The minimum absolute atomic E-state index is 0.352. The number of nitriles is 1. The van der Waals surface area contributed by atoms with Gasteiger partial charge in [0.15, 0.2) is 6.10 Å². The largest absolute Gasteiger partial charge is 0.476 e. The third kappa shape index (κ3) is 3.61. The molecule has 0 aromatic heterocycles. The molecule has 15 heavy (non-hydrogen) atoms. The number of nitrogens with one attached hydrogen (secondary N) is 1. The van der Waals surface area contributed by atoms with E-state index in [0.717, 1.165) is 17.9 Å². The molecule has 0 amide bonds. The Kier molecular flexibility index (Phi) is 4.65. The average Bonchev–Trinajstić information content (AvgIpc) is 2.27. The van der Waals surface area contributed by atoms with Crippen molar-refractivity contribution in [3.8, 4) is 11.8 Å². The average molecular weight is 204 g/mol. The van der Waals surface area contributed by atoms with Crippen LogP contribution in [0.3, 0.4) is 0 Å². The molecule has 0 spiro atoms. The summed E-state index contributed by atoms with van der Waals surface area (Å²) in [4.78, 5) is 0. The van der Waals surface area contributed by atoms with Crippen LogP contribution in [0.15, 0.2) is 24.3 Å². The number of rotatable bonds is 5. The van der Waals surface area contributed by atoms with Crippen molar-refractivity contribution in [1.29, 1.82) is 5.26 Å². The first kappa shape index (κ1) is 11.5. The lowest BCUT2D eigenvalue weighted by Crippen LogP contribution is -2.12. The van der Waals surface area contributed by atoms with Crippen molar-refractivity contribution >= 4 is 0 Å². The number of benzene rings is 1. The van der Waals surface area contributed by atoms with Gasteiger partial charge < -0.3 is 10.1 Å². The molecule has 0 fully saturated rings. The second kappa shape index (κ2) is 6.05. The summed E-state index contributed by atoms with van der Waals surface area (Å²) < 4.78 is 5.51. The van der Waals surface area contributed by atoms with Gasteiger partial charge in [0.05, 0.1) is 0 Å². The zero-order valence-corrected chi connectivity index (χ0v) is 9.16. The molecule has 1 unspecified atom stereocenters. The SMILES string of the molecule is CCC(C#N)Oc1cccc(CNC)c1. The number of ether oxygens (including phenoxy) is 1. The predicted molar refractivity (Wildman–Crippen MR) is 59.5 cm³/mol. The van der Waals surface area contributed by atoms with Gasteiger partial charge in [-0.3, -0.25) is 0 Å². The smallest absolute Gasteiger partial charge is 0.184 e. The highest BCUT2D eigenvalue weighted by atomic mass is 16.5. The number of hydrogen-bond acceptors (Lipinski definition) is 3. The molecule has 0 aliphatic carbocycles. The Morgan fingerprint density at radius 1 is 1.53 bits per heavy atom. The maximum atomic E-state index is 8.77. The van der Waals surface area contributed by atoms with Gasteiger partial charge in [0.25, 0.3) is 0 Å². The van der Waals surface area contributed by atoms with E-state index >= 15 is 0 Å². The zero-order valence-electron chi connectivity index (χ0n) is 9.16. The van der Waals surface area contributed by atoms with E-state index in [1.807, 2.05) is 38.2 Å². The standard InChI is InChI=1S/C12H16N2O/c1-3-11(8-13)15-12-6-4-5-10(7-12)9-14-2/h4-7,11,14H,3,9H2,1-2H3. The first-order valence-corrected chi connectivity index (χ1v) is 5.10. The van der Waals surface area contributed by atoms with Crippen LogP contribution in [-0.2, 0) is 6.54 Å². The molecule has 0 saturated heterocycles.